The highest BCUT2D eigenvalue weighted by atomic mass is 32.2. The lowest BCUT2D eigenvalue weighted by Crippen LogP contribution is -2.45. The van der Waals surface area contributed by atoms with Crippen LogP contribution in [0.5, 0.6) is 0 Å². The quantitative estimate of drug-likeness (QED) is 0.657. The molecule has 1 aromatic heterocycles. The van der Waals surface area contributed by atoms with Crippen LogP contribution in [0.2, 0.25) is 0 Å². The minimum Gasteiger partial charge on any atom is -0.425 e. The molecule has 9 nitrogen and oxygen atoms in total. The summed E-state index contributed by atoms with van der Waals surface area (Å²) in [5.74, 6) is -0.578. The number of carbonyl (C=O) groups excluding carboxylic acids is 1. The molecule has 10 heteroatoms. The molecule has 1 aliphatic rings. The van der Waals surface area contributed by atoms with Crippen molar-refractivity contribution in [2.45, 2.75) is 17.7 Å². The fraction of sp³-hybridized carbons (Fsp3) is 0.158. The molecule has 1 amide bonds. The molecule has 2 aromatic carbocycles. The second kappa shape index (κ2) is 7.47. The van der Waals surface area contributed by atoms with Gasteiger partial charge in [-0.25, -0.2) is 13.4 Å². The highest BCUT2D eigenvalue weighted by molar-refractivity contribution is 7.90. The molecule has 29 heavy (non-hydrogen) atoms. The molecule has 3 aromatic rings. The lowest BCUT2D eigenvalue weighted by atomic mass is 9.99. The van der Waals surface area contributed by atoms with Crippen LogP contribution < -0.4 is 10.0 Å². The number of sulfonamides is 1. The second-order valence-corrected chi connectivity index (χ2v) is 8.02. The van der Waals surface area contributed by atoms with Crippen molar-refractivity contribution in [3.63, 3.8) is 0 Å². The number of amides is 1. The molecule has 0 fully saturated rings. The van der Waals surface area contributed by atoms with E-state index in [2.05, 4.69) is 25.2 Å². The van der Waals surface area contributed by atoms with Gasteiger partial charge in [0.15, 0.2) is 0 Å². The van der Waals surface area contributed by atoms with Crippen molar-refractivity contribution in [2.75, 3.05) is 6.54 Å². The molecule has 2 heterocycles. The first-order valence-electron chi connectivity index (χ1n) is 8.78. The highest BCUT2D eigenvalue weighted by Crippen LogP contribution is 2.27. The molecule has 1 aliphatic heterocycles. The van der Waals surface area contributed by atoms with Crippen LogP contribution in [0, 0.1) is 6.92 Å². The molecular weight excluding hydrogens is 394 g/mol. The standard InChI is InChI=1S/C19H17N5O4S/c1-12-22-23-19(28-12)14(13-7-3-2-4-8-13)11-20-18(25)17-21-15-9-5-6-10-16(15)29(26,27)24-17/h2-10,14H,11H2,1H3,(H,20,25)(H,21,24). The summed E-state index contributed by atoms with van der Waals surface area (Å²) in [5.41, 5.74) is 1.08. The fourth-order valence-corrected chi connectivity index (χ4v) is 4.11. The summed E-state index contributed by atoms with van der Waals surface area (Å²) in [6.45, 7) is 1.80. The first-order valence-corrected chi connectivity index (χ1v) is 10.3. The van der Waals surface area contributed by atoms with E-state index in [0.717, 1.165) is 5.56 Å². The number of benzene rings is 2. The van der Waals surface area contributed by atoms with Crippen molar-refractivity contribution in [3.8, 4) is 0 Å². The number of aliphatic imine (C=N–C) groups is 1. The van der Waals surface area contributed by atoms with Gasteiger partial charge in [-0.1, -0.05) is 42.5 Å². The Labute approximate surface area is 166 Å². The number of carbonyl (C=O) groups is 1. The maximum atomic E-state index is 12.6. The molecule has 0 aliphatic carbocycles. The number of hydrogen-bond acceptors (Lipinski definition) is 7. The van der Waals surface area contributed by atoms with Crippen molar-refractivity contribution in [3.05, 3.63) is 71.9 Å². The summed E-state index contributed by atoms with van der Waals surface area (Å²) >= 11 is 0. The van der Waals surface area contributed by atoms with Crippen LogP contribution >= 0.6 is 0 Å². The summed E-state index contributed by atoms with van der Waals surface area (Å²) < 4.78 is 32.5. The Kier molecular flexibility index (Phi) is 4.85. The maximum Gasteiger partial charge on any atom is 0.287 e. The molecule has 2 N–H and O–H groups in total. The highest BCUT2D eigenvalue weighted by Gasteiger charge is 2.29. The smallest absolute Gasteiger partial charge is 0.287 e. The Balaban J connectivity index is 1.57. The van der Waals surface area contributed by atoms with E-state index < -0.39 is 21.8 Å². The van der Waals surface area contributed by atoms with Gasteiger partial charge in [0.1, 0.15) is 4.90 Å². The zero-order valence-corrected chi connectivity index (χ0v) is 16.2. The van der Waals surface area contributed by atoms with Crippen molar-refractivity contribution < 1.29 is 17.6 Å². The van der Waals surface area contributed by atoms with E-state index in [9.17, 15) is 13.2 Å². The third kappa shape index (κ3) is 3.87. The van der Waals surface area contributed by atoms with Gasteiger partial charge in [0.25, 0.3) is 15.9 Å². The number of fused-ring (bicyclic) bond motifs is 1. The monoisotopic (exact) mass is 411 g/mol. The van der Waals surface area contributed by atoms with E-state index in [1.165, 1.54) is 12.1 Å². The van der Waals surface area contributed by atoms with Crippen LogP contribution in [0.25, 0.3) is 0 Å². The van der Waals surface area contributed by atoms with Crippen molar-refractivity contribution in [1.82, 2.24) is 20.2 Å². The van der Waals surface area contributed by atoms with Crippen molar-refractivity contribution >= 4 is 27.5 Å². The van der Waals surface area contributed by atoms with E-state index in [-0.39, 0.29) is 23.0 Å². The summed E-state index contributed by atoms with van der Waals surface area (Å²) in [7, 11) is -3.86. The third-order valence-corrected chi connectivity index (χ3v) is 5.73. The van der Waals surface area contributed by atoms with E-state index in [0.29, 0.717) is 11.8 Å². The molecule has 1 unspecified atom stereocenters. The Hall–Kier alpha value is -3.53. The zero-order chi connectivity index (χ0) is 20.4. The Bertz CT molecular complexity index is 1190. The van der Waals surface area contributed by atoms with Crippen LogP contribution in [-0.4, -0.2) is 36.9 Å². The molecule has 148 valence electrons. The van der Waals surface area contributed by atoms with E-state index in [1.54, 1.807) is 19.1 Å². The molecule has 0 spiro atoms. The summed E-state index contributed by atoms with van der Waals surface area (Å²) in [4.78, 5) is 16.8. The van der Waals surface area contributed by atoms with Gasteiger partial charge in [-0.3, -0.25) is 9.52 Å². The van der Waals surface area contributed by atoms with Crippen LogP contribution in [0.15, 0.2) is 68.9 Å². The average molecular weight is 411 g/mol. The van der Waals surface area contributed by atoms with E-state index in [1.807, 2.05) is 30.3 Å². The van der Waals surface area contributed by atoms with Gasteiger partial charge in [-0.15, -0.1) is 10.2 Å². The molecule has 0 bridgehead atoms. The predicted molar refractivity (Wildman–Crippen MR) is 104 cm³/mol. The van der Waals surface area contributed by atoms with Crippen molar-refractivity contribution in [1.29, 1.82) is 0 Å². The van der Waals surface area contributed by atoms with Crippen LogP contribution in [0.1, 0.15) is 23.3 Å². The molecule has 4 rings (SSSR count). The van der Waals surface area contributed by atoms with Gasteiger partial charge in [-0.2, -0.15) is 0 Å². The number of nitrogens with zero attached hydrogens (tertiary/aromatic N) is 3. The minimum absolute atomic E-state index is 0.0278. The molecular formula is C19H17N5O4S. The van der Waals surface area contributed by atoms with Gasteiger partial charge in [-0.05, 0) is 17.7 Å². The second-order valence-electron chi connectivity index (χ2n) is 6.37. The first kappa shape index (κ1) is 18.8. The molecule has 0 saturated carbocycles. The number of rotatable bonds is 5. The van der Waals surface area contributed by atoms with Gasteiger partial charge >= 0.3 is 0 Å². The first-order chi connectivity index (χ1) is 13.9. The van der Waals surface area contributed by atoms with Crippen molar-refractivity contribution in [2.24, 2.45) is 4.99 Å². The number of para-hydroxylation sites is 1. The summed E-state index contributed by atoms with van der Waals surface area (Å²) in [5, 5.41) is 10.6. The number of aryl methyl sites for hydroxylation is 1. The largest absolute Gasteiger partial charge is 0.425 e. The minimum atomic E-state index is -3.86. The molecule has 1 atom stereocenters. The normalized spacial score (nSPS) is 15.6. The Morgan fingerprint density at radius 1 is 1.10 bits per heavy atom. The maximum absolute atomic E-state index is 12.6. The van der Waals surface area contributed by atoms with E-state index in [4.69, 9.17) is 4.42 Å². The zero-order valence-electron chi connectivity index (χ0n) is 15.4. The SMILES string of the molecule is Cc1nnc(C(CNC(=O)C2=Nc3ccccc3S(=O)(=O)N2)c2ccccc2)o1. The average Bonchev–Trinajstić information content (AvgIpc) is 3.14. The van der Waals surface area contributed by atoms with E-state index >= 15 is 0 Å². The predicted octanol–water partition coefficient (Wildman–Crippen LogP) is 1.65. The van der Waals surface area contributed by atoms with Crippen LogP contribution in [0.4, 0.5) is 5.69 Å². The summed E-state index contributed by atoms with van der Waals surface area (Å²) in [6.07, 6.45) is 0. The van der Waals surface area contributed by atoms with Gasteiger partial charge in [0.2, 0.25) is 17.6 Å². The number of nitrogens with one attached hydrogen (secondary N) is 2. The number of amidine groups is 1. The summed E-state index contributed by atoms with van der Waals surface area (Å²) in [6, 6.07) is 15.6. The van der Waals surface area contributed by atoms with Gasteiger partial charge < -0.3 is 9.73 Å². The molecule has 0 radical (unpaired) electrons. The van der Waals surface area contributed by atoms with Crippen LogP contribution in [0.3, 0.4) is 0 Å². The topological polar surface area (TPSA) is 127 Å². The fourth-order valence-electron chi connectivity index (χ4n) is 2.96. The third-order valence-electron chi connectivity index (χ3n) is 4.34. The Morgan fingerprint density at radius 3 is 2.55 bits per heavy atom. The lowest BCUT2D eigenvalue weighted by Gasteiger charge is -2.19. The molecule has 0 saturated heterocycles. The lowest BCUT2D eigenvalue weighted by molar-refractivity contribution is -0.115. The Morgan fingerprint density at radius 2 is 1.83 bits per heavy atom. The number of aromatic nitrogens is 2. The van der Waals surface area contributed by atoms with Gasteiger partial charge in [0.05, 0.1) is 11.6 Å². The van der Waals surface area contributed by atoms with Gasteiger partial charge in [0, 0.05) is 13.5 Å². The van der Waals surface area contributed by atoms with Crippen LogP contribution in [-0.2, 0) is 14.8 Å². The number of hydrogen-bond donors (Lipinski definition) is 2.